The van der Waals surface area contributed by atoms with Gasteiger partial charge in [0.25, 0.3) is 5.91 Å². The van der Waals surface area contributed by atoms with Crippen LogP contribution >= 0.6 is 0 Å². The molecule has 1 aliphatic heterocycles. The second kappa shape index (κ2) is 8.78. The third-order valence-electron chi connectivity index (χ3n) is 5.61. The Hall–Kier alpha value is -4.13. The number of amides is 1. The Balaban J connectivity index is 1.26. The third kappa shape index (κ3) is 4.30. The molecule has 0 spiro atoms. The van der Waals surface area contributed by atoms with Crippen LogP contribution in [0.15, 0.2) is 71.3 Å². The number of fused-ring (bicyclic) bond motifs is 1. The van der Waals surface area contributed by atoms with E-state index in [9.17, 15) is 4.79 Å². The molecule has 33 heavy (non-hydrogen) atoms. The van der Waals surface area contributed by atoms with Crippen molar-refractivity contribution >= 4 is 5.91 Å². The molecule has 4 aromatic rings. The lowest BCUT2D eigenvalue weighted by Crippen LogP contribution is -2.34. The average molecular weight is 441 g/mol. The van der Waals surface area contributed by atoms with Gasteiger partial charge in [-0.25, -0.2) is 0 Å². The van der Waals surface area contributed by atoms with E-state index in [2.05, 4.69) is 21.6 Å². The predicted molar refractivity (Wildman–Crippen MR) is 123 cm³/mol. The SMILES string of the molecule is COc1ccc(-c2cc(C)cc3c2O[C@@H](CNC(=O)c2ccc(-c4ccco4)cc2)C3)nn1. The zero-order chi connectivity index (χ0) is 22.8. The molecule has 0 unspecified atom stereocenters. The van der Waals surface area contributed by atoms with Gasteiger partial charge in [-0.2, -0.15) is 0 Å². The fraction of sp³-hybridized carbons (Fsp3) is 0.192. The van der Waals surface area contributed by atoms with Crippen LogP contribution in [0.5, 0.6) is 11.6 Å². The fourth-order valence-corrected chi connectivity index (χ4v) is 4.01. The van der Waals surface area contributed by atoms with Crippen LogP contribution < -0.4 is 14.8 Å². The summed E-state index contributed by atoms with van der Waals surface area (Å²) in [6.07, 6.45) is 2.19. The molecule has 1 aliphatic rings. The Morgan fingerprint density at radius 3 is 2.67 bits per heavy atom. The highest BCUT2D eigenvalue weighted by Gasteiger charge is 2.27. The van der Waals surface area contributed by atoms with Crippen LogP contribution in [-0.4, -0.2) is 35.9 Å². The number of hydrogen-bond donors (Lipinski definition) is 1. The second-order valence-corrected chi connectivity index (χ2v) is 7.97. The van der Waals surface area contributed by atoms with E-state index >= 15 is 0 Å². The summed E-state index contributed by atoms with van der Waals surface area (Å²) >= 11 is 0. The van der Waals surface area contributed by atoms with Crippen LogP contribution in [-0.2, 0) is 6.42 Å². The predicted octanol–water partition coefficient (Wildman–Crippen LogP) is 4.45. The summed E-state index contributed by atoms with van der Waals surface area (Å²) in [5.41, 5.74) is 5.34. The van der Waals surface area contributed by atoms with E-state index in [1.807, 2.05) is 43.3 Å². The normalized spacial score (nSPS) is 14.4. The summed E-state index contributed by atoms with van der Waals surface area (Å²) < 4.78 is 16.7. The van der Waals surface area contributed by atoms with E-state index < -0.39 is 0 Å². The number of carbonyl (C=O) groups excluding carboxylic acids is 1. The topological polar surface area (TPSA) is 86.5 Å². The highest BCUT2D eigenvalue weighted by Crippen LogP contribution is 2.39. The maximum absolute atomic E-state index is 12.7. The first kappa shape index (κ1) is 20.8. The van der Waals surface area contributed by atoms with Crippen LogP contribution in [0.25, 0.3) is 22.6 Å². The van der Waals surface area contributed by atoms with Crippen molar-refractivity contribution in [2.45, 2.75) is 19.4 Å². The van der Waals surface area contributed by atoms with Gasteiger partial charge >= 0.3 is 0 Å². The number of benzene rings is 2. The smallest absolute Gasteiger partial charge is 0.251 e. The first-order valence-electron chi connectivity index (χ1n) is 10.7. The minimum Gasteiger partial charge on any atom is -0.487 e. The lowest BCUT2D eigenvalue weighted by atomic mass is 10.0. The van der Waals surface area contributed by atoms with Gasteiger partial charge in [0.05, 0.1) is 25.6 Å². The molecule has 1 N–H and O–H groups in total. The molecule has 3 heterocycles. The molecular formula is C26H23N3O4. The molecule has 0 saturated heterocycles. The number of methoxy groups -OCH3 is 1. The zero-order valence-corrected chi connectivity index (χ0v) is 18.4. The van der Waals surface area contributed by atoms with Gasteiger partial charge in [-0.3, -0.25) is 4.79 Å². The van der Waals surface area contributed by atoms with Crippen molar-refractivity contribution in [1.29, 1.82) is 0 Å². The quantitative estimate of drug-likeness (QED) is 0.476. The molecule has 1 atom stereocenters. The molecule has 1 amide bonds. The summed E-state index contributed by atoms with van der Waals surface area (Å²) in [6, 6.07) is 18.9. The molecule has 0 fully saturated rings. The Labute approximate surface area is 191 Å². The van der Waals surface area contributed by atoms with Gasteiger partial charge in [0, 0.05) is 29.2 Å². The van der Waals surface area contributed by atoms with Crippen LogP contribution in [0.2, 0.25) is 0 Å². The number of ether oxygens (including phenoxy) is 2. The standard InChI is InChI=1S/C26H23N3O4/c1-16-12-19-14-20(33-25(19)21(13-16)22-9-10-24(31-2)29-28-22)15-27-26(30)18-7-5-17(6-8-18)23-4-3-11-32-23/h3-13,20H,14-15H2,1-2H3,(H,27,30)/t20-/m1/s1. The van der Waals surface area contributed by atoms with Gasteiger partial charge in [-0.05, 0) is 54.4 Å². The first-order chi connectivity index (χ1) is 16.1. The molecule has 166 valence electrons. The largest absolute Gasteiger partial charge is 0.487 e. The number of aromatic nitrogens is 2. The van der Waals surface area contributed by atoms with E-state index in [1.54, 1.807) is 31.6 Å². The maximum Gasteiger partial charge on any atom is 0.251 e. The van der Waals surface area contributed by atoms with Gasteiger partial charge < -0.3 is 19.2 Å². The van der Waals surface area contributed by atoms with E-state index in [4.69, 9.17) is 13.9 Å². The summed E-state index contributed by atoms with van der Waals surface area (Å²) in [5.74, 6) is 1.88. The van der Waals surface area contributed by atoms with Crippen LogP contribution in [0, 0.1) is 6.92 Å². The summed E-state index contributed by atoms with van der Waals surface area (Å²) in [4.78, 5) is 12.7. The molecule has 5 rings (SSSR count). The molecule has 0 radical (unpaired) electrons. The average Bonchev–Trinajstić information content (AvgIpc) is 3.52. The van der Waals surface area contributed by atoms with Crippen LogP contribution in [0.1, 0.15) is 21.5 Å². The van der Waals surface area contributed by atoms with Gasteiger partial charge in [-0.1, -0.05) is 18.2 Å². The van der Waals surface area contributed by atoms with Crippen molar-refractivity contribution in [3.63, 3.8) is 0 Å². The molecule has 0 bridgehead atoms. The number of rotatable bonds is 6. The first-order valence-corrected chi connectivity index (χ1v) is 10.7. The number of aryl methyl sites for hydroxylation is 1. The molecule has 0 aliphatic carbocycles. The minimum absolute atomic E-state index is 0.141. The van der Waals surface area contributed by atoms with Crippen molar-refractivity contribution in [3.8, 4) is 34.2 Å². The maximum atomic E-state index is 12.7. The van der Waals surface area contributed by atoms with Gasteiger partial charge in [-0.15, -0.1) is 10.2 Å². The number of nitrogens with zero attached hydrogens (tertiary/aromatic N) is 2. The van der Waals surface area contributed by atoms with Crippen molar-refractivity contribution < 1.29 is 18.7 Å². The summed E-state index contributed by atoms with van der Waals surface area (Å²) in [5, 5.41) is 11.3. The highest BCUT2D eigenvalue weighted by atomic mass is 16.5. The molecule has 7 nitrogen and oxygen atoms in total. The molecule has 0 saturated carbocycles. The number of carbonyl (C=O) groups is 1. The Morgan fingerprint density at radius 2 is 1.97 bits per heavy atom. The zero-order valence-electron chi connectivity index (χ0n) is 18.4. The van der Waals surface area contributed by atoms with Crippen molar-refractivity contribution in [2.75, 3.05) is 13.7 Å². The van der Waals surface area contributed by atoms with Gasteiger partial charge in [0.15, 0.2) is 0 Å². The highest BCUT2D eigenvalue weighted by molar-refractivity contribution is 5.94. The van der Waals surface area contributed by atoms with E-state index in [0.29, 0.717) is 24.4 Å². The van der Waals surface area contributed by atoms with Crippen molar-refractivity contribution in [3.05, 3.63) is 83.6 Å². The second-order valence-electron chi connectivity index (χ2n) is 7.97. The fourth-order valence-electron chi connectivity index (χ4n) is 4.01. The molecule has 7 heteroatoms. The molecule has 2 aromatic heterocycles. The number of furan rings is 1. The molecule has 2 aromatic carbocycles. The Kier molecular flexibility index (Phi) is 5.52. The molecular weight excluding hydrogens is 418 g/mol. The number of nitrogens with one attached hydrogen (secondary N) is 1. The van der Waals surface area contributed by atoms with Crippen LogP contribution in [0.4, 0.5) is 0 Å². The Morgan fingerprint density at radius 1 is 1.12 bits per heavy atom. The van der Waals surface area contributed by atoms with Gasteiger partial charge in [0.1, 0.15) is 17.6 Å². The third-order valence-corrected chi connectivity index (χ3v) is 5.61. The summed E-state index contributed by atoms with van der Waals surface area (Å²) in [6.45, 7) is 2.45. The van der Waals surface area contributed by atoms with E-state index in [1.165, 1.54) is 0 Å². The van der Waals surface area contributed by atoms with Crippen LogP contribution in [0.3, 0.4) is 0 Å². The van der Waals surface area contributed by atoms with E-state index in [0.717, 1.165) is 39.5 Å². The van der Waals surface area contributed by atoms with Crippen molar-refractivity contribution in [2.24, 2.45) is 0 Å². The van der Waals surface area contributed by atoms with E-state index in [-0.39, 0.29) is 12.0 Å². The number of hydrogen-bond acceptors (Lipinski definition) is 6. The van der Waals surface area contributed by atoms with Gasteiger partial charge in [0.2, 0.25) is 5.88 Å². The summed E-state index contributed by atoms with van der Waals surface area (Å²) in [7, 11) is 1.56. The van der Waals surface area contributed by atoms with Crippen molar-refractivity contribution in [1.82, 2.24) is 15.5 Å². The lowest BCUT2D eigenvalue weighted by molar-refractivity contribution is 0.0933. The minimum atomic E-state index is -0.155. The Bertz CT molecular complexity index is 1270. The lowest BCUT2D eigenvalue weighted by Gasteiger charge is -2.14. The monoisotopic (exact) mass is 441 g/mol.